The molecule has 0 N–H and O–H groups in total. The molecule has 0 saturated heterocycles. The number of hydrogen-bond acceptors (Lipinski definition) is 3. The quantitative estimate of drug-likeness (QED) is 0.388. The largest absolute Gasteiger partial charge is 4.00 e. The van der Waals surface area contributed by atoms with Crippen molar-refractivity contribution in [2.75, 3.05) is 14.1 Å². The van der Waals surface area contributed by atoms with Gasteiger partial charge in [-0.05, 0) is 0 Å². The van der Waals surface area contributed by atoms with E-state index in [0.29, 0.717) is 0 Å². The van der Waals surface area contributed by atoms with E-state index in [1.54, 1.807) is 14.1 Å². The third-order valence-electron chi connectivity index (χ3n) is 1.83. The number of halogens is 3. The average molecular weight is 400 g/mol. The van der Waals surface area contributed by atoms with Gasteiger partial charge in [-0.2, -0.15) is 44.8 Å². The maximum atomic E-state index is 10.7. The molecule has 4 nitrogen and oxygen atoms in total. The second kappa shape index (κ2) is 10.2. The molecule has 0 unspecified atom stereocenters. The molecule has 0 radical (unpaired) electrons. The van der Waals surface area contributed by atoms with E-state index in [9.17, 15) is 13.2 Å². The summed E-state index contributed by atoms with van der Waals surface area (Å²) < 4.78 is 58.9. The van der Waals surface area contributed by atoms with Gasteiger partial charge in [0.1, 0.15) is 0 Å². The maximum Gasteiger partial charge on any atom is 4.00 e. The first kappa shape index (κ1) is 22.7. The Morgan fingerprint density at radius 2 is 1.57 bits per heavy atom. The molecule has 114 valence electrons. The van der Waals surface area contributed by atoms with Crippen LogP contribution in [0.2, 0.25) is 0 Å². The van der Waals surface area contributed by atoms with Gasteiger partial charge >= 0.3 is 31.7 Å². The third kappa shape index (κ3) is 9.08. The zero-order chi connectivity index (χ0) is 15.8. The van der Waals surface area contributed by atoms with Crippen molar-refractivity contribution in [1.82, 2.24) is 0 Å². The predicted molar refractivity (Wildman–Crippen MR) is 70.5 cm³/mol. The number of rotatable bonds is 0. The van der Waals surface area contributed by atoms with E-state index in [1.165, 1.54) is 10.8 Å². The van der Waals surface area contributed by atoms with Crippen molar-refractivity contribution in [2.24, 2.45) is 0 Å². The summed E-state index contributed by atoms with van der Waals surface area (Å²) in [6, 6.07) is 14.7. The van der Waals surface area contributed by atoms with Gasteiger partial charge in [-0.15, -0.1) is 29.7 Å². The molecule has 0 atom stereocenters. The Hall–Kier alpha value is -0.627. The summed E-state index contributed by atoms with van der Waals surface area (Å²) in [6.07, 6.45) is 0. The smallest absolute Gasteiger partial charge is 0.741 e. The molecule has 0 fully saturated rings. The average Bonchev–Trinajstić information content (AvgIpc) is 2.76. The van der Waals surface area contributed by atoms with Crippen LogP contribution in [-0.2, 0) is 36.3 Å². The minimum Gasteiger partial charge on any atom is -0.741 e. The Bertz CT molecular complexity index is 581. The minimum atomic E-state index is -6.09. The molecular formula is C12H13F3NO3SZr+. The molecule has 0 bridgehead atoms. The standard InChI is InChI=1S/C9H7.C2H6N.CHF3O3S.Zr/c1-2-5-9-7-3-6-8(9)4-1;1-3-2;2-1(3,4)8(5,6)7;/h1-7H;1-2H3;(H,5,6,7);/q2*-1;;+4/p-1. The van der Waals surface area contributed by atoms with Crippen molar-refractivity contribution >= 4 is 20.9 Å². The SMILES string of the molecule is C[N-]C.O=S(=O)([O-])C(F)(F)F.[Zr+4].c1ccc2[cH-]ccc2c1. The fraction of sp³-hybridized carbons (Fsp3) is 0.250. The van der Waals surface area contributed by atoms with Crippen molar-refractivity contribution < 1.29 is 52.3 Å². The molecule has 0 heterocycles. The molecule has 2 aromatic carbocycles. The molecule has 0 aliphatic heterocycles. The molecule has 21 heavy (non-hydrogen) atoms. The monoisotopic (exact) mass is 398 g/mol. The number of hydrogen-bond donors (Lipinski definition) is 0. The van der Waals surface area contributed by atoms with Crippen molar-refractivity contribution in [2.45, 2.75) is 5.51 Å². The van der Waals surface area contributed by atoms with Crippen LogP contribution in [0.4, 0.5) is 13.2 Å². The molecular weight excluding hydrogens is 386 g/mol. The Morgan fingerprint density at radius 3 is 1.95 bits per heavy atom. The van der Waals surface area contributed by atoms with Crippen LogP contribution in [0.3, 0.4) is 0 Å². The topological polar surface area (TPSA) is 71.3 Å². The van der Waals surface area contributed by atoms with Gasteiger partial charge in [0.05, 0.1) is 0 Å². The van der Waals surface area contributed by atoms with Crippen molar-refractivity contribution in [3.63, 3.8) is 0 Å². The Labute approximate surface area is 140 Å². The molecule has 0 spiro atoms. The minimum absolute atomic E-state index is 0. The summed E-state index contributed by atoms with van der Waals surface area (Å²) in [6.45, 7) is 0. The molecule has 0 saturated carbocycles. The molecule has 2 rings (SSSR count). The molecule has 0 aliphatic rings. The van der Waals surface area contributed by atoms with Crippen molar-refractivity contribution in [1.29, 1.82) is 0 Å². The molecule has 0 amide bonds. The number of benzene rings is 1. The van der Waals surface area contributed by atoms with E-state index in [-0.39, 0.29) is 26.2 Å². The van der Waals surface area contributed by atoms with Crippen LogP contribution in [0.25, 0.3) is 16.1 Å². The van der Waals surface area contributed by atoms with E-state index in [0.717, 1.165) is 0 Å². The first-order valence-corrected chi connectivity index (χ1v) is 6.65. The third-order valence-corrected chi connectivity index (χ3v) is 2.40. The zero-order valence-corrected chi connectivity index (χ0v) is 14.5. The molecule has 0 aliphatic carbocycles. The first-order valence-electron chi connectivity index (χ1n) is 5.24. The second-order valence-electron chi connectivity index (χ2n) is 3.50. The fourth-order valence-corrected chi connectivity index (χ4v) is 1.07. The summed E-state index contributed by atoms with van der Waals surface area (Å²) in [5.74, 6) is 0. The van der Waals surface area contributed by atoms with Gasteiger partial charge in [-0.3, -0.25) is 0 Å². The van der Waals surface area contributed by atoms with Crippen LogP contribution < -0.4 is 0 Å². The van der Waals surface area contributed by atoms with E-state index >= 15 is 0 Å². The summed E-state index contributed by atoms with van der Waals surface area (Å²) in [7, 11) is -2.59. The van der Waals surface area contributed by atoms with Gasteiger partial charge < -0.3 is 9.87 Å². The fourth-order valence-electron chi connectivity index (χ4n) is 1.07. The number of nitrogens with zero attached hydrogens (tertiary/aromatic N) is 1. The van der Waals surface area contributed by atoms with Crippen molar-refractivity contribution in [3.05, 3.63) is 47.8 Å². The second-order valence-corrected chi connectivity index (χ2v) is 4.87. The Kier molecular flexibility index (Phi) is 11.0. The van der Waals surface area contributed by atoms with Gasteiger partial charge in [-0.1, -0.05) is 6.07 Å². The predicted octanol–water partition coefficient (Wildman–Crippen LogP) is 3.23. The number of alkyl halides is 3. The molecule has 2 aromatic rings. The normalized spacial score (nSPS) is 10.6. The number of fused-ring (bicyclic) bond motifs is 1. The van der Waals surface area contributed by atoms with Gasteiger partial charge in [0, 0.05) is 0 Å². The van der Waals surface area contributed by atoms with Crippen LogP contribution >= 0.6 is 0 Å². The summed E-state index contributed by atoms with van der Waals surface area (Å²) in [5, 5.41) is 6.16. The van der Waals surface area contributed by atoms with Crippen LogP contribution in [0.15, 0.2) is 42.5 Å². The molecule has 9 heteroatoms. The van der Waals surface area contributed by atoms with E-state index in [4.69, 9.17) is 13.0 Å². The molecule has 0 aromatic heterocycles. The van der Waals surface area contributed by atoms with E-state index in [1.807, 2.05) is 0 Å². The van der Waals surface area contributed by atoms with Gasteiger partial charge in [0.2, 0.25) is 0 Å². The van der Waals surface area contributed by atoms with E-state index < -0.39 is 15.6 Å². The van der Waals surface area contributed by atoms with Gasteiger partial charge in [-0.25, -0.2) is 8.42 Å². The van der Waals surface area contributed by atoms with Gasteiger partial charge in [0.15, 0.2) is 10.1 Å². The van der Waals surface area contributed by atoms with Crippen LogP contribution in [0.5, 0.6) is 0 Å². The Balaban J connectivity index is 0. The Morgan fingerprint density at radius 1 is 1.14 bits per heavy atom. The van der Waals surface area contributed by atoms with Crippen LogP contribution in [0, 0.1) is 0 Å². The van der Waals surface area contributed by atoms with Gasteiger partial charge in [0.25, 0.3) is 0 Å². The summed E-state index contributed by atoms with van der Waals surface area (Å²) in [4.78, 5) is 0. The first-order chi connectivity index (χ1) is 9.13. The van der Waals surface area contributed by atoms with Crippen molar-refractivity contribution in [3.8, 4) is 0 Å². The zero-order valence-electron chi connectivity index (χ0n) is 11.3. The summed E-state index contributed by atoms with van der Waals surface area (Å²) >= 11 is 0. The van der Waals surface area contributed by atoms with E-state index in [2.05, 4.69) is 47.8 Å². The summed E-state index contributed by atoms with van der Waals surface area (Å²) in [5.41, 5.74) is -5.65. The van der Waals surface area contributed by atoms with Crippen LogP contribution in [0.1, 0.15) is 0 Å². The van der Waals surface area contributed by atoms with Crippen LogP contribution in [-0.4, -0.2) is 32.6 Å². The maximum absolute atomic E-state index is 10.7.